The fourth-order valence-corrected chi connectivity index (χ4v) is 3.00. The summed E-state index contributed by atoms with van der Waals surface area (Å²) in [6.45, 7) is 3.95. The molecule has 1 atom stereocenters. The van der Waals surface area contributed by atoms with Crippen molar-refractivity contribution in [3.8, 4) is 0 Å². The van der Waals surface area contributed by atoms with E-state index in [0.717, 1.165) is 35.6 Å². The second-order valence-electron chi connectivity index (χ2n) is 6.30. The van der Waals surface area contributed by atoms with E-state index >= 15 is 0 Å². The van der Waals surface area contributed by atoms with Crippen molar-refractivity contribution in [2.75, 3.05) is 11.4 Å². The van der Waals surface area contributed by atoms with E-state index < -0.39 is 0 Å². The number of rotatable bonds is 6. The SMILES string of the molecule is Cc1ccc(CCC(C)NC(=O)CN2C(=O)Cc3ccccc32)o1. The molecule has 3 rings (SSSR count). The smallest absolute Gasteiger partial charge is 0.240 e. The summed E-state index contributed by atoms with van der Waals surface area (Å²) in [5, 5.41) is 2.96. The molecule has 24 heavy (non-hydrogen) atoms. The molecule has 0 saturated heterocycles. The highest BCUT2D eigenvalue weighted by Crippen LogP contribution is 2.27. The molecule has 1 aliphatic rings. The average Bonchev–Trinajstić information content (AvgIpc) is 3.09. The number of nitrogens with zero attached hydrogens (tertiary/aromatic N) is 1. The van der Waals surface area contributed by atoms with Crippen LogP contribution in [0.4, 0.5) is 5.69 Å². The van der Waals surface area contributed by atoms with Gasteiger partial charge in [0.05, 0.1) is 6.42 Å². The van der Waals surface area contributed by atoms with E-state index in [2.05, 4.69) is 5.32 Å². The highest BCUT2D eigenvalue weighted by atomic mass is 16.3. The maximum absolute atomic E-state index is 12.3. The third kappa shape index (κ3) is 3.67. The molecule has 1 unspecified atom stereocenters. The van der Waals surface area contributed by atoms with E-state index in [4.69, 9.17) is 4.42 Å². The number of furan rings is 1. The highest BCUT2D eigenvalue weighted by molar-refractivity contribution is 6.04. The van der Waals surface area contributed by atoms with Gasteiger partial charge in [0.15, 0.2) is 0 Å². The normalized spacial score (nSPS) is 14.6. The van der Waals surface area contributed by atoms with Crippen LogP contribution in [-0.4, -0.2) is 24.4 Å². The summed E-state index contributed by atoms with van der Waals surface area (Å²) >= 11 is 0. The largest absolute Gasteiger partial charge is 0.466 e. The van der Waals surface area contributed by atoms with Gasteiger partial charge >= 0.3 is 0 Å². The van der Waals surface area contributed by atoms with Crippen LogP contribution in [-0.2, 0) is 22.4 Å². The average molecular weight is 326 g/mol. The number of anilines is 1. The van der Waals surface area contributed by atoms with Crippen LogP contribution < -0.4 is 10.2 Å². The molecule has 5 nitrogen and oxygen atoms in total. The lowest BCUT2D eigenvalue weighted by Gasteiger charge is -2.19. The third-order valence-corrected chi connectivity index (χ3v) is 4.25. The fourth-order valence-electron chi connectivity index (χ4n) is 3.00. The van der Waals surface area contributed by atoms with Crippen molar-refractivity contribution in [3.05, 3.63) is 53.5 Å². The molecule has 1 aliphatic heterocycles. The molecule has 0 spiro atoms. The lowest BCUT2D eigenvalue weighted by Crippen LogP contribution is -2.42. The molecule has 5 heteroatoms. The first-order valence-electron chi connectivity index (χ1n) is 8.26. The van der Waals surface area contributed by atoms with Gasteiger partial charge in [-0.25, -0.2) is 0 Å². The summed E-state index contributed by atoms with van der Waals surface area (Å²) < 4.78 is 5.53. The molecule has 2 amide bonds. The van der Waals surface area contributed by atoms with Crippen molar-refractivity contribution in [2.45, 2.75) is 39.2 Å². The Labute approximate surface area is 141 Å². The Morgan fingerprint density at radius 1 is 1.29 bits per heavy atom. The van der Waals surface area contributed by atoms with Crippen molar-refractivity contribution < 1.29 is 14.0 Å². The van der Waals surface area contributed by atoms with Gasteiger partial charge in [-0.1, -0.05) is 18.2 Å². The van der Waals surface area contributed by atoms with Crippen molar-refractivity contribution >= 4 is 17.5 Å². The molecule has 1 aromatic carbocycles. The fraction of sp³-hybridized carbons (Fsp3) is 0.368. The number of hydrogen-bond acceptors (Lipinski definition) is 3. The number of nitrogens with one attached hydrogen (secondary N) is 1. The maximum Gasteiger partial charge on any atom is 0.240 e. The maximum atomic E-state index is 12.3. The lowest BCUT2D eigenvalue weighted by molar-refractivity contribution is -0.123. The molecule has 2 aromatic rings. The molecule has 0 radical (unpaired) electrons. The number of carbonyl (C=O) groups is 2. The summed E-state index contributed by atoms with van der Waals surface area (Å²) in [4.78, 5) is 25.9. The zero-order chi connectivity index (χ0) is 17.1. The standard InChI is InChI=1S/C19H22N2O3/c1-13(7-9-16-10-8-14(2)24-16)20-18(22)12-21-17-6-4-3-5-15(17)11-19(21)23/h3-6,8,10,13H,7,9,11-12H2,1-2H3,(H,20,22). The Balaban J connectivity index is 1.51. The minimum atomic E-state index is -0.136. The van der Waals surface area contributed by atoms with Crippen molar-refractivity contribution in [2.24, 2.45) is 0 Å². The minimum absolute atomic E-state index is 0.0231. The molecule has 0 aliphatic carbocycles. The molecule has 126 valence electrons. The minimum Gasteiger partial charge on any atom is -0.466 e. The van der Waals surface area contributed by atoms with E-state index in [1.165, 1.54) is 0 Å². The van der Waals surface area contributed by atoms with Gasteiger partial charge in [-0.05, 0) is 44.0 Å². The van der Waals surface area contributed by atoms with E-state index in [0.29, 0.717) is 6.42 Å². The van der Waals surface area contributed by atoms with Crippen LogP contribution in [0.3, 0.4) is 0 Å². The molecule has 0 fully saturated rings. The van der Waals surface area contributed by atoms with E-state index in [1.807, 2.05) is 50.2 Å². The Hall–Kier alpha value is -2.56. The molecule has 1 aromatic heterocycles. The Morgan fingerprint density at radius 2 is 2.08 bits per heavy atom. The monoisotopic (exact) mass is 326 g/mol. The van der Waals surface area contributed by atoms with Crippen LogP contribution in [0, 0.1) is 6.92 Å². The van der Waals surface area contributed by atoms with Crippen LogP contribution in [0.5, 0.6) is 0 Å². The van der Waals surface area contributed by atoms with Crippen molar-refractivity contribution in [1.82, 2.24) is 5.32 Å². The highest BCUT2D eigenvalue weighted by Gasteiger charge is 2.28. The summed E-state index contributed by atoms with van der Waals surface area (Å²) in [5.74, 6) is 1.67. The summed E-state index contributed by atoms with van der Waals surface area (Å²) in [7, 11) is 0. The first-order valence-corrected chi connectivity index (χ1v) is 8.26. The molecule has 2 heterocycles. The first kappa shape index (κ1) is 16.3. The van der Waals surface area contributed by atoms with Crippen LogP contribution in [0.15, 0.2) is 40.8 Å². The van der Waals surface area contributed by atoms with Gasteiger partial charge in [0.25, 0.3) is 0 Å². The van der Waals surface area contributed by atoms with Crippen LogP contribution in [0.2, 0.25) is 0 Å². The zero-order valence-corrected chi connectivity index (χ0v) is 14.0. The van der Waals surface area contributed by atoms with Crippen molar-refractivity contribution in [1.29, 1.82) is 0 Å². The number of hydrogen-bond donors (Lipinski definition) is 1. The van der Waals surface area contributed by atoms with Gasteiger partial charge in [0.2, 0.25) is 11.8 Å². The van der Waals surface area contributed by atoms with E-state index in [1.54, 1.807) is 4.90 Å². The Kier molecular flexibility index (Phi) is 4.69. The number of carbonyl (C=O) groups excluding carboxylic acids is 2. The van der Waals surface area contributed by atoms with Gasteiger partial charge in [-0.3, -0.25) is 9.59 Å². The molecule has 0 bridgehead atoms. The topological polar surface area (TPSA) is 62.6 Å². The van der Waals surface area contributed by atoms with Gasteiger partial charge in [0, 0.05) is 18.2 Å². The number of benzene rings is 1. The number of fused-ring (bicyclic) bond motifs is 1. The molecular formula is C19H22N2O3. The Morgan fingerprint density at radius 3 is 2.83 bits per heavy atom. The summed E-state index contributed by atoms with van der Waals surface area (Å²) in [6, 6.07) is 11.5. The van der Waals surface area contributed by atoms with Gasteiger partial charge in [0.1, 0.15) is 18.1 Å². The van der Waals surface area contributed by atoms with Crippen LogP contribution in [0.25, 0.3) is 0 Å². The zero-order valence-electron chi connectivity index (χ0n) is 14.0. The number of para-hydroxylation sites is 1. The summed E-state index contributed by atoms with van der Waals surface area (Å²) in [6.07, 6.45) is 1.95. The Bertz CT molecular complexity index is 751. The second kappa shape index (κ2) is 6.91. The lowest BCUT2D eigenvalue weighted by atomic mass is 10.1. The second-order valence-corrected chi connectivity index (χ2v) is 6.30. The van der Waals surface area contributed by atoms with Crippen LogP contribution >= 0.6 is 0 Å². The quantitative estimate of drug-likeness (QED) is 0.887. The van der Waals surface area contributed by atoms with E-state index in [-0.39, 0.29) is 24.4 Å². The van der Waals surface area contributed by atoms with Gasteiger partial charge in [-0.2, -0.15) is 0 Å². The van der Waals surface area contributed by atoms with Gasteiger partial charge in [-0.15, -0.1) is 0 Å². The predicted molar refractivity (Wildman–Crippen MR) is 91.9 cm³/mol. The van der Waals surface area contributed by atoms with Crippen LogP contribution in [0.1, 0.15) is 30.4 Å². The number of aryl methyl sites for hydroxylation is 2. The third-order valence-electron chi connectivity index (χ3n) is 4.25. The predicted octanol–water partition coefficient (Wildman–Crippen LogP) is 2.61. The van der Waals surface area contributed by atoms with Gasteiger partial charge < -0.3 is 14.6 Å². The van der Waals surface area contributed by atoms with E-state index in [9.17, 15) is 9.59 Å². The number of amides is 2. The molecular weight excluding hydrogens is 304 g/mol. The molecule has 0 saturated carbocycles. The molecule has 1 N–H and O–H groups in total. The summed E-state index contributed by atoms with van der Waals surface area (Å²) in [5.41, 5.74) is 1.83. The first-order chi connectivity index (χ1) is 11.5. The van der Waals surface area contributed by atoms with Crippen molar-refractivity contribution in [3.63, 3.8) is 0 Å².